The van der Waals surface area contributed by atoms with Gasteiger partial charge in [0.05, 0.1) is 24.6 Å². The van der Waals surface area contributed by atoms with Crippen molar-refractivity contribution in [3.8, 4) is 11.5 Å². The fourth-order valence-electron chi connectivity index (χ4n) is 2.39. The van der Waals surface area contributed by atoms with Gasteiger partial charge in [0.1, 0.15) is 11.5 Å². The molecule has 2 aromatic carbocycles. The standard InChI is InChI=1S/C16H14Cl2O2S/c1-19-10-4-3-9-5-12(17)11-7-13(18)14(20-2)8-16(11)21-15(9)6-10/h3-4,6-8,12H,5H2,1-2H3. The van der Waals surface area contributed by atoms with Crippen LogP contribution >= 0.6 is 35.0 Å². The molecule has 0 fully saturated rings. The van der Waals surface area contributed by atoms with Crippen LogP contribution in [0, 0.1) is 0 Å². The molecule has 3 rings (SSSR count). The maximum absolute atomic E-state index is 6.58. The monoisotopic (exact) mass is 340 g/mol. The predicted molar refractivity (Wildman–Crippen MR) is 87.4 cm³/mol. The third-order valence-corrected chi connectivity index (χ3v) is 5.37. The lowest BCUT2D eigenvalue weighted by atomic mass is 10.0. The van der Waals surface area contributed by atoms with E-state index in [9.17, 15) is 0 Å². The minimum absolute atomic E-state index is 0.106. The van der Waals surface area contributed by atoms with Gasteiger partial charge in [0.2, 0.25) is 0 Å². The zero-order valence-corrected chi connectivity index (χ0v) is 14.0. The van der Waals surface area contributed by atoms with Gasteiger partial charge in [-0.1, -0.05) is 29.4 Å². The summed E-state index contributed by atoms with van der Waals surface area (Å²) in [4.78, 5) is 2.23. The summed E-state index contributed by atoms with van der Waals surface area (Å²) in [5, 5.41) is 0.483. The Morgan fingerprint density at radius 1 is 1.10 bits per heavy atom. The SMILES string of the molecule is COc1ccc2c(c1)Sc1cc(OC)c(Cl)cc1C(Cl)C2. The fraction of sp³-hybridized carbons (Fsp3) is 0.250. The Hall–Kier alpha value is -1.03. The number of hydrogen-bond donors (Lipinski definition) is 0. The number of rotatable bonds is 2. The third kappa shape index (κ3) is 2.83. The van der Waals surface area contributed by atoms with Crippen molar-refractivity contribution >= 4 is 35.0 Å². The second-order valence-corrected chi connectivity index (χ2v) is 6.79. The Balaban J connectivity index is 2.12. The molecule has 0 amide bonds. The maximum atomic E-state index is 6.58. The molecular formula is C16H14Cl2O2S. The highest BCUT2D eigenvalue weighted by atomic mass is 35.5. The number of halogens is 2. The van der Waals surface area contributed by atoms with Crippen molar-refractivity contribution in [2.24, 2.45) is 0 Å². The number of hydrogen-bond acceptors (Lipinski definition) is 3. The van der Waals surface area contributed by atoms with Gasteiger partial charge in [0.15, 0.2) is 0 Å². The van der Waals surface area contributed by atoms with Crippen LogP contribution in [0.1, 0.15) is 16.5 Å². The Morgan fingerprint density at radius 3 is 2.62 bits per heavy atom. The summed E-state index contributed by atoms with van der Waals surface area (Å²) in [7, 11) is 3.29. The van der Waals surface area contributed by atoms with Crippen LogP contribution in [-0.2, 0) is 6.42 Å². The van der Waals surface area contributed by atoms with Gasteiger partial charge in [-0.05, 0) is 41.8 Å². The Labute approximate surface area is 138 Å². The van der Waals surface area contributed by atoms with Gasteiger partial charge in [-0.25, -0.2) is 0 Å². The summed E-state index contributed by atoms with van der Waals surface area (Å²) < 4.78 is 10.6. The van der Waals surface area contributed by atoms with Crippen LogP contribution in [0.4, 0.5) is 0 Å². The van der Waals surface area contributed by atoms with Crippen LogP contribution in [0.2, 0.25) is 5.02 Å². The van der Waals surface area contributed by atoms with Gasteiger partial charge in [-0.2, -0.15) is 0 Å². The van der Waals surface area contributed by atoms with Crippen molar-refractivity contribution in [2.75, 3.05) is 14.2 Å². The molecule has 1 unspecified atom stereocenters. The minimum Gasteiger partial charge on any atom is -0.497 e. The van der Waals surface area contributed by atoms with E-state index in [2.05, 4.69) is 6.07 Å². The molecule has 1 aliphatic heterocycles. The van der Waals surface area contributed by atoms with Crippen molar-refractivity contribution in [2.45, 2.75) is 21.6 Å². The highest BCUT2D eigenvalue weighted by Crippen LogP contribution is 2.46. The summed E-state index contributed by atoms with van der Waals surface area (Å²) in [5.74, 6) is 1.51. The molecule has 1 aliphatic rings. The first-order valence-corrected chi connectivity index (χ1v) is 8.11. The summed E-state index contributed by atoms with van der Waals surface area (Å²) in [6.45, 7) is 0. The third-order valence-electron chi connectivity index (χ3n) is 3.52. The van der Waals surface area contributed by atoms with E-state index in [1.807, 2.05) is 24.3 Å². The van der Waals surface area contributed by atoms with Gasteiger partial charge in [0, 0.05) is 9.79 Å². The van der Waals surface area contributed by atoms with Gasteiger partial charge in [-0.15, -0.1) is 11.6 Å². The van der Waals surface area contributed by atoms with E-state index in [1.54, 1.807) is 26.0 Å². The molecular weight excluding hydrogens is 327 g/mol. The number of ether oxygens (including phenoxy) is 2. The quantitative estimate of drug-likeness (QED) is 0.687. The van der Waals surface area contributed by atoms with E-state index in [4.69, 9.17) is 32.7 Å². The molecule has 0 bridgehead atoms. The zero-order valence-electron chi connectivity index (χ0n) is 11.7. The van der Waals surface area contributed by atoms with Crippen LogP contribution in [0.3, 0.4) is 0 Å². The number of fused-ring (bicyclic) bond motifs is 2. The van der Waals surface area contributed by atoms with Gasteiger partial charge in [-0.3, -0.25) is 0 Å². The average Bonchev–Trinajstić information content (AvgIpc) is 2.62. The van der Waals surface area contributed by atoms with Crippen molar-refractivity contribution in [3.05, 3.63) is 46.5 Å². The molecule has 0 N–H and O–H groups in total. The first-order chi connectivity index (χ1) is 10.1. The van der Waals surface area contributed by atoms with Gasteiger partial charge in [0.25, 0.3) is 0 Å². The number of benzene rings is 2. The molecule has 2 aromatic rings. The first kappa shape index (κ1) is 14.9. The lowest BCUT2D eigenvalue weighted by Crippen LogP contribution is -1.97. The van der Waals surface area contributed by atoms with Crippen LogP contribution < -0.4 is 9.47 Å². The second-order valence-electron chi connectivity index (χ2n) is 4.77. The molecule has 5 heteroatoms. The molecule has 0 aromatic heterocycles. The molecule has 0 spiro atoms. The van der Waals surface area contributed by atoms with E-state index < -0.39 is 0 Å². The van der Waals surface area contributed by atoms with E-state index in [0.717, 1.165) is 27.5 Å². The molecule has 0 radical (unpaired) electrons. The van der Waals surface area contributed by atoms with Crippen LogP contribution in [0.5, 0.6) is 11.5 Å². The predicted octanol–water partition coefficient (Wildman–Crippen LogP) is 5.34. The smallest absolute Gasteiger partial charge is 0.138 e. The lowest BCUT2D eigenvalue weighted by molar-refractivity contribution is 0.413. The molecule has 21 heavy (non-hydrogen) atoms. The van der Waals surface area contributed by atoms with Crippen LogP contribution in [0.15, 0.2) is 40.1 Å². The first-order valence-electron chi connectivity index (χ1n) is 6.48. The van der Waals surface area contributed by atoms with E-state index in [0.29, 0.717) is 10.8 Å². The zero-order chi connectivity index (χ0) is 15.0. The Kier molecular flexibility index (Phi) is 4.25. The van der Waals surface area contributed by atoms with Crippen molar-refractivity contribution in [1.29, 1.82) is 0 Å². The van der Waals surface area contributed by atoms with Gasteiger partial charge < -0.3 is 9.47 Å². The summed E-state index contributed by atoms with van der Waals surface area (Å²) in [5.41, 5.74) is 2.26. The molecule has 2 nitrogen and oxygen atoms in total. The largest absolute Gasteiger partial charge is 0.497 e. The summed E-state index contributed by atoms with van der Waals surface area (Å²) in [6, 6.07) is 9.93. The normalized spacial score (nSPS) is 16.7. The minimum atomic E-state index is -0.106. The Morgan fingerprint density at radius 2 is 1.90 bits per heavy atom. The van der Waals surface area contributed by atoms with Crippen molar-refractivity contribution < 1.29 is 9.47 Å². The van der Waals surface area contributed by atoms with E-state index in [-0.39, 0.29) is 5.38 Å². The van der Waals surface area contributed by atoms with Crippen molar-refractivity contribution in [3.63, 3.8) is 0 Å². The van der Waals surface area contributed by atoms with E-state index >= 15 is 0 Å². The molecule has 0 saturated heterocycles. The average molecular weight is 341 g/mol. The molecule has 1 heterocycles. The Bertz CT molecular complexity index is 688. The molecule has 0 saturated carbocycles. The highest BCUT2D eigenvalue weighted by molar-refractivity contribution is 7.99. The topological polar surface area (TPSA) is 18.5 Å². The number of alkyl halides is 1. The maximum Gasteiger partial charge on any atom is 0.138 e. The number of methoxy groups -OCH3 is 2. The summed E-state index contributed by atoms with van der Waals surface area (Å²) in [6.07, 6.45) is 0.767. The van der Waals surface area contributed by atoms with Gasteiger partial charge >= 0.3 is 0 Å². The van der Waals surface area contributed by atoms with Crippen LogP contribution in [-0.4, -0.2) is 14.2 Å². The lowest BCUT2D eigenvalue weighted by Gasteiger charge is -2.13. The highest BCUT2D eigenvalue weighted by Gasteiger charge is 2.23. The molecule has 1 atom stereocenters. The fourth-order valence-corrected chi connectivity index (χ4v) is 4.23. The molecule has 110 valence electrons. The van der Waals surface area contributed by atoms with E-state index in [1.165, 1.54) is 5.56 Å². The van der Waals surface area contributed by atoms with Crippen LogP contribution in [0.25, 0.3) is 0 Å². The van der Waals surface area contributed by atoms with Crippen molar-refractivity contribution in [1.82, 2.24) is 0 Å². The molecule has 0 aliphatic carbocycles. The summed E-state index contributed by atoms with van der Waals surface area (Å²) >= 11 is 14.5. The second kappa shape index (κ2) is 5.99.